The van der Waals surface area contributed by atoms with Gasteiger partial charge >= 0.3 is 6.09 Å². The first-order valence-electron chi connectivity index (χ1n) is 22.1. The van der Waals surface area contributed by atoms with Crippen LogP contribution in [0.5, 0.6) is 0 Å². The van der Waals surface area contributed by atoms with Gasteiger partial charge in [0.05, 0.1) is 35.8 Å². The number of hydrogen-bond acceptors (Lipinski definition) is 8. The molecular weight excluding hydrogens is 707 g/mol. The van der Waals surface area contributed by atoms with Crippen molar-refractivity contribution in [3.63, 3.8) is 0 Å². The van der Waals surface area contributed by atoms with E-state index in [1.165, 1.54) is 6.42 Å². The fourth-order valence-corrected chi connectivity index (χ4v) is 13.9. The molecule has 9 heteroatoms. The Bertz CT molecular complexity index is 1720. The molecule has 4 bridgehead atoms. The molecule has 2 aromatic rings. The lowest BCUT2D eigenvalue weighted by molar-refractivity contribution is -0.491. The largest absolute Gasteiger partial charge is 0.443 e. The molecule has 10 fully saturated rings. The Hall–Kier alpha value is -2.53. The van der Waals surface area contributed by atoms with Crippen LogP contribution in [-0.4, -0.2) is 59.0 Å². The molecule has 2 spiro atoms. The lowest BCUT2D eigenvalue weighted by Crippen LogP contribution is -2.71. The summed E-state index contributed by atoms with van der Waals surface area (Å²) in [6.07, 6.45) is 8.99. The van der Waals surface area contributed by atoms with Gasteiger partial charge in [0.2, 0.25) is 0 Å². The van der Waals surface area contributed by atoms with Crippen LogP contribution in [-0.2, 0) is 33.8 Å². The van der Waals surface area contributed by atoms with Crippen molar-refractivity contribution >= 4 is 17.5 Å². The van der Waals surface area contributed by atoms with Crippen molar-refractivity contribution in [3.8, 4) is 0 Å². The third kappa shape index (κ3) is 5.71. The minimum absolute atomic E-state index is 0.0571. The molecule has 12 rings (SSSR count). The van der Waals surface area contributed by atoms with Gasteiger partial charge in [-0.3, -0.25) is 0 Å². The molecule has 1 unspecified atom stereocenters. The molecule has 6 heterocycles. The van der Waals surface area contributed by atoms with Gasteiger partial charge < -0.3 is 14.2 Å². The Morgan fingerprint density at radius 3 is 1.70 bits per heavy atom. The predicted molar refractivity (Wildman–Crippen MR) is 211 cm³/mol. The lowest BCUT2D eigenvalue weighted by Gasteiger charge is -2.62. The summed E-state index contributed by atoms with van der Waals surface area (Å²) in [5.74, 6) is 2.56. The lowest BCUT2D eigenvalue weighted by atomic mass is 9.55. The Balaban J connectivity index is 1.02. The Labute approximate surface area is 333 Å². The van der Waals surface area contributed by atoms with Crippen LogP contribution in [0, 0.1) is 47.3 Å². The molecule has 1 amide bonds. The fraction of sp³-hybridized carbons (Fsp3) is 0.723. The summed E-state index contributed by atoms with van der Waals surface area (Å²) < 4.78 is 21.8. The second kappa shape index (κ2) is 13.8. The molecule has 6 saturated heterocycles. The van der Waals surface area contributed by atoms with Crippen LogP contribution < -0.4 is 4.90 Å². The number of hydrogen-bond donors (Lipinski definition) is 0. The minimum Gasteiger partial charge on any atom is -0.443 e. The molecule has 6 aliphatic heterocycles. The molecule has 2 aromatic carbocycles. The first-order chi connectivity index (χ1) is 26.9. The van der Waals surface area contributed by atoms with Crippen molar-refractivity contribution in [3.05, 3.63) is 60.7 Å². The molecule has 10 aliphatic rings. The van der Waals surface area contributed by atoms with Gasteiger partial charge in [-0.05, 0) is 137 Å². The van der Waals surface area contributed by atoms with E-state index in [2.05, 4.69) is 41.5 Å². The average molecular weight is 770 g/mol. The molecule has 4 aliphatic carbocycles. The molecule has 9 nitrogen and oxygen atoms in total. The zero-order chi connectivity index (χ0) is 38.6. The van der Waals surface area contributed by atoms with E-state index in [4.69, 9.17) is 33.8 Å². The van der Waals surface area contributed by atoms with Crippen LogP contribution >= 0.6 is 0 Å². The van der Waals surface area contributed by atoms with E-state index in [1.807, 2.05) is 60.7 Å². The summed E-state index contributed by atoms with van der Waals surface area (Å²) in [6, 6.07) is 19.7. The number of carbonyl (C=O) groups is 1. The van der Waals surface area contributed by atoms with Crippen LogP contribution in [0.1, 0.15) is 112 Å². The van der Waals surface area contributed by atoms with E-state index in [-0.39, 0.29) is 53.7 Å². The number of para-hydroxylation sites is 2. The van der Waals surface area contributed by atoms with Crippen LogP contribution in [0.15, 0.2) is 60.7 Å². The topological polar surface area (TPSA) is 84.9 Å². The van der Waals surface area contributed by atoms with Gasteiger partial charge in [0.1, 0.15) is 28.5 Å². The standard InChI is InChI=1S/C47H63NO8/c1-28-17-19-36-30(3)38(50-40-26-44(5)23-21-34(28)46(36,40)55-53-44)25-39(51-43(49)48(32-13-9-7-10-14-32)33-15-11-8-12-16-33)42-31(4)37-20-18-29(2)35-22-24-45(6)27-41(52-42)47(35,37)56-54-45/h7-16,28-31,34-42H,17-27H2,1-6H3/t28-,29-,30-,31-,34+,35+,36+,37+,38-,39+,40-,41-,42?,44-,45-,46-,47-/m1/s1. The Kier molecular flexibility index (Phi) is 9.28. The van der Waals surface area contributed by atoms with E-state index >= 15 is 0 Å². The van der Waals surface area contributed by atoms with Crippen LogP contribution in [0.4, 0.5) is 16.2 Å². The maximum atomic E-state index is 15.0. The zero-order valence-electron chi connectivity index (χ0n) is 34.3. The Morgan fingerprint density at radius 1 is 0.661 bits per heavy atom. The van der Waals surface area contributed by atoms with Gasteiger partial charge in [-0.2, -0.15) is 0 Å². The van der Waals surface area contributed by atoms with E-state index in [1.54, 1.807) is 4.90 Å². The van der Waals surface area contributed by atoms with Crippen molar-refractivity contribution < 1.29 is 38.6 Å². The Morgan fingerprint density at radius 2 is 1.16 bits per heavy atom. The number of fused-ring (bicyclic) bond motifs is 4. The number of carbonyl (C=O) groups excluding carboxylic acids is 1. The van der Waals surface area contributed by atoms with Crippen molar-refractivity contribution in [2.45, 2.75) is 165 Å². The highest BCUT2D eigenvalue weighted by Gasteiger charge is 2.71. The quantitative estimate of drug-likeness (QED) is 0.269. The van der Waals surface area contributed by atoms with E-state index < -0.39 is 29.0 Å². The van der Waals surface area contributed by atoms with Gasteiger partial charge in [0, 0.05) is 19.3 Å². The summed E-state index contributed by atoms with van der Waals surface area (Å²) in [7, 11) is 0. The zero-order valence-corrected chi connectivity index (χ0v) is 34.3. The van der Waals surface area contributed by atoms with Crippen LogP contribution in [0.25, 0.3) is 0 Å². The van der Waals surface area contributed by atoms with Gasteiger partial charge in [-0.25, -0.2) is 29.2 Å². The molecule has 17 atom stereocenters. The van der Waals surface area contributed by atoms with Crippen molar-refractivity contribution in [2.24, 2.45) is 47.3 Å². The predicted octanol–water partition coefficient (Wildman–Crippen LogP) is 10.1. The van der Waals surface area contributed by atoms with E-state index in [0.29, 0.717) is 30.1 Å². The maximum Gasteiger partial charge on any atom is 0.419 e. The van der Waals surface area contributed by atoms with Crippen LogP contribution in [0.2, 0.25) is 0 Å². The van der Waals surface area contributed by atoms with E-state index in [9.17, 15) is 4.79 Å². The third-order valence-corrected chi connectivity index (χ3v) is 16.9. The first kappa shape index (κ1) is 37.7. The summed E-state index contributed by atoms with van der Waals surface area (Å²) in [5.41, 5.74) is -0.217. The molecule has 304 valence electrons. The highest BCUT2D eigenvalue weighted by atomic mass is 17.2. The second-order valence-electron chi connectivity index (χ2n) is 20.1. The molecule has 0 N–H and O–H groups in total. The summed E-state index contributed by atoms with van der Waals surface area (Å²) in [5, 5.41) is 0. The monoisotopic (exact) mass is 769 g/mol. The fourth-order valence-electron chi connectivity index (χ4n) is 13.9. The van der Waals surface area contributed by atoms with Crippen molar-refractivity contribution in [1.29, 1.82) is 0 Å². The average Bonchev–Trinajstić information content (AvgIpc) is 3.57. The summed E-state index contributed by atoms with van der Waals surface area (Å²) in [4.78, 5) is 42.7. The SMILES string of the molecule is C[C@H]1[C@@H](C[C@H](OC(=O)N(c2ccccc2)c2ccccc2)C2O[C@@H]3C[C@@]4(C)CC[C@H]5[C@H](C)CC[C@@H]([C@H]2C)[C@@]35OO4)O[C@@H]2C[C@@]3(C)CC[C@H]4[C@H](C)CC[C@@H]1[C@@]24OO3. The molecule has 0 aromatic heterocycles. The number of amides is 1. The number of rotatable bonds is 6. The van der Waals surface area contributed by atoms with Gasteiger partial charge in [-0.1, -0.05) is 64.1 Å². The van der Waals surface area contributed by atoms with Gasteiger partial charge in [0.25, 0.3) is 0 Å². The van der Waals surface area contributed by atoms with Crippen molar-refractivity contribution in [2.75, 3.05) is 4.90 Å². The van der Waals surface area contributed by atoms with Gasteiger partial charge in [0.15, 0.2) is 0 Å². The summed E-state index contributed by atoms with van der Waals surface area (Å²) >= 11 is 0. The molecule has 56 heavy (non-hydrogen) atoms. The second-order valence-corrected chi connectivity index (χ2v) is 20.1. The molecule has 0 radical (unpaired) electrons. The van der Waals surface area contributed by atoms with Gasteiger partial charge in [-0.15, -0.1) is 0 Å². The van der Waals surface area contributed by atoms with Crippen LogP contribution in [0.3, 0.4) is 0 Å². The number of benzene rings is 2. The minimum atomic E-state index is -0.561. The summed E-state index contributed by atoms with van der Waals surface area (Å²) in [6.45, 7) is 13.8. The van der Waals surface area contributed by atoms with Crippen molar-refractivity contribution in [1.82, 2.24) is 0 Å². The smallest absolute Gasteiger partial charge is 0.419 e. The highest BCUT2D eigenvalue weighted by molar-refractivity contribution is 5.96. The third-order valence-electron chi connectivity index (χ3n) is 16.9. The first-order valence-corrected chi connectivity index (χ1v) is 22.1. The maximum absolute atomic E-state index is 15.0. The number of nitrogens with zero attached hydrogens (tertiary/aromatic N) is 1. The normalized spacial score (nSPS) is 48.1. The number of ether oxygens (including phenoxy) is 3. The molecular formula is C47H63NO8. The number of anilines is 2. The highest BCUT2D eigenvalue weighted by Crippen LogP contribution is 2.64. The molecule has 4 saturated carbocycles. The van der Waals surface area contributed by atoms with E-state index in [0.717, 1.165) is 69.2 Å².